The molecule has 0 spiro atoms. The van der Waals surface area contributed by atoms with E-state index in [4.69, 9.17) is 4.74 Å². The number of anilines is 1. The number of hydrogen-bond donors (Lipinski definition) is 2. The number of ether oxygens (including phenoxy) is 1. The van der Waals surface area contributed by atoms with E-state index < -0.39 is 0 Å². The minimum Gasteiger partial charge on any atom is -0.482 e. The summed E-state index contributed by atoms with van der Waals surface area (Å²) in [4.78, 5) is 41.1. The number of rotatable bonds is 7. The van der Waals surface area contributed by atoms with Gasteiger partial charge in [-0.3, -0.25) is 14.4 Å². The first-order valence-corrected chi connectivity index (χ1v) is 9.91. The maximum absolute atomic E-state index is 12.5. The number of fused-ring (bicyclic) bond motifs is 2. The first-order chi connectivity index (χ1) is 14.5. The number of ketones is 1. The molecular weight excluding hydrogens is 382 g/mol. The third-order valence-electron chi connectivity index (χ3n) is 5.34. The van der Waals surface area contributed by atoms with E-state index in [2.05, 4.69) is 16.4 Å². The van der Waals surface area contributed by atoms with Crippen LogP contribution in [0, 0.1) is 0 Å². The molecule has 1 aliphatic heterocycles. The van der Waals surface area contributed by atoms with Crippen LogP contribution in [0.5, 0.6) is 5.75 Å². The molecule has 7 nitrogen and oxygen atoms in total. The highest BCUT2D eigenvalue weighted by molar-refractivity contribution is 6.02. The summed E-state index contributed by atoms with van der Waals surface area (Å²) in [6.07, 6.45) is 2.90. The van der Waals surface area contributed by atoms with Gasteiger partial charge in [0.15, 0.2) is 12.4 Å². The maximum atomic E-state index is 12.5. The van der Waals surface area contributed by atoms with Crippen LogP contribution in [0.3, 0.4) is 0 Å². The number of nitrogens with zero attached hydrogens (tertiary/aromatic N) is 1. The van der Waals surface area contributed by atoms with E-state index in [1.54, 1.807) is 25.2 Å². The lowest BCUT2D eigenvalue weighted by Crippen LogP contribution is -2.35. The number of carbonyl (C=O) groups is 3. The molecular formula is C23H23N3O4. The molecule has 0 aliphatic carbocycles. The molecule has 1 aromatic heterocycles. The molecule has 2 heterocycles. The quantitative estimate of drug-likeness (QED) is 0.592. The predicted octanol–water partition coefficient (Wildman–Crippen LogP) is 2.84. The Bertz CT molecular complexity index is 1120. The van der Waals surface area contributed by atoms with Gasteiger partial charge in [-0.1, -0.05) is 18.2 Å². The van der Waals surface area contributed by atoms with Crippen molar-refractivity contribution in [1.82, 2.24) is 10.3 Å². The van der Waals surface area contributed by atoms with Gasteiger partial charge in [-0.2, -0.15) is 0 Å². The van der Waals surface area contributed by atoms with E-state index in [1.165, 1.54) is 4.90 Å². The van der Waals surface area contributed by atoms with Gasteiger partial charge in [-0.05, 0) is 36.2 Å². The van der Waals surface area contributed by atoms with Crippen molar-refractivity contribution in [2.24, 2.45) is 0 Å². The Kier molecular flexibility index (Phi) is 5.52. The van der Waals surface area contributed by atoms with Gasteiger partial charge in [0.2, 0.25) is 5.91 Å². The fraction of sp³-hybridized carbons (Fsp3) is 0.261. The van der Waals surface area contributed by atoms with Gasteiger partial charge in [0.1, 0.15) is 5.75 Å². The molecule has 2 aromatic carbocycles. The largest absolute Gasteiger partial charge is 0.482 e. The number of carbonyl (C=O) groups excluding carboxylic acids is 3. The van der Waals surface area contributed by atoms with E-state index in [1.807, 2.05) is 24.4 Å². The number of aromatic amines is 1. The monoisotopic (exact) mass is 405 g/mol. The number of benzene rings is 2. The second-order valence-electron chi connectivity index (χ2n) is 7.31. The summed E-state index contributed by atoms with van der Waals surface area (Å²) in [5.41, 5.74) is 3.26. The topological polar surface area (TPSA) is 91.5 Å². The molecule has 0 atom stereocenters. The first-order valence-electron chi connectivity index (χ1n) is 9.91. The average molecular weight is 405 g/mol. The van der Waals surface area contributed by atoms with Crippen molar-refractivity contribution in [2.45, 2.75) is 19.3 Å². The predicted molar refractivity (Wildman–Crippen MR) is 114 cm³/mol. The van der Waals surface area contributed by atoms with Crippen LogP contribution in [0.25, 0.3) is 10.9 Å². The zero-order valence-corrected chi connectivity index (χ0v) is 16.7. The molecule has 0 bridgehead atoms. The lowest BCUT2D eigenvalue weighted by Gasteiger charge is -2.26. The van der Waals surface area contributed by atoms with Gasteiger partial charge in [-0.15, -0.1) is 0 Å². The normalized spacial score (nSPS) is 13.1. The van der Waals surface area contributed by atoms with Crippen LogP contribution in [-0.4, -0.2) is 42.8 Å². The smallest absolute Gasteiger partial charge is 0.264 e. The summed E-state index contributed by atoms with van der Waals surface area (Å²) >= 11 is 0. The van der Waals surface area contributed by atoms with E-state index >= 15 is 0 Å². The van der Waals surface area contributed by atoms with Crippen LogP contribution in [0.2, 0.25) is 0 Å². The van der Waals surface area contributed by atoms with Crippen molar-refractivity contribution >= 4 is 34.2 Å². The molecule has 0 radical (unpaired) electrons. The minimum absolute atomic E-state index is 0.00445. The molecule has 154 valence electrons. The fourth-order valence-electron chi connectivity index (χ4n) is 3.58. The highest BCUT2D eigenvalue weighted by Gasteiger charge is 2.23. The summed E-state index contributed by atoms with van der Waals surface area (Å²) in [5.74, 6) is 0.109. The molecule has 0 unspecified atom stereocenters. The van der Waals surface area contributed by atoms with Gasteiger partial charge in [0.05, 0.1) is 5.69 Å². The molecule has 7 heteroatoms. The number of Topliss-reactive ketones (excluding diaryl/α,β-unsaturated/α-hetero) is 1. The van der Waals surface area contributed by atoms with Crippen molar-refractivity contribution in [2.75, 3.05) is 25.1 Å². The number of aromatic nitrogens is 1. The van der Waals surface area contributed by atoms with Gasteiger partial charge in [0, 0.05) is 49.1 Å². The third kappa shape index (κ3) is 4.05. The Morgan fingerprint density at radius 1 is 1.17 bits per heavy atom. The van der Waals surface area contributed by atoms with Crippen LogP contribution in [0.15, 0.2) is 48.7 Å². The summed E-state index contributed by atoms with van der Waals surface area (Å²) in [6, 6.07) is 13.0. The summed E-state index contributed by atoms with van der Waals surface area (Å²) in [5, 5.41) is 4.03. The van der Waals surface area contributed by atoms with Crippen molar-refractivity contribution in [3.05, 3.63) is 59.8 Å². The highest BCUT2D eigenvalue weighted by Crippen LogP contribution is 2.32. The summed E-state index contributed by atoms with van der Waals surface area (Å²) in [6.45, 7) is 0.507. The fourth-order valence-corrected chi connectivity index (χ4v) is 3.58. The van der Waals surface area contributed by atoms with E-state index in [9.17, 15) is 14.4 Å². The standard InChI is InChI=1S/C23H23N3O4/c1-26-19-12-15(6-8-21(19)30-14-23(26)29)20(27)7-9-22(28)24-11-10-16-13-25-18-5-3-2-4-17(16)18/h2-6,8,12-13,25H,7,9-11,14H2,1H3,(H,24,28). The second-order valence-corrected chi connectivity index (χ2v) is 7.31. The van der Waals surface area contributed by atoms with Crippen LogP contribution in [0.4, 0.5) is 5.69 Å². The SMILES string of the molecule is CN1C(=O)COc2ccc(C(=O)CCC(=O)NCCc3c[nH]c4ccccc34)cc21. The van der Waals surface area contributed by atoms with Crippen molar-refractivity contribution in [1.29, 1.82) is 0 Å². The second kappa shape index (κ2) is 8.41. The number of hydrogen-bond acceptors (Lipinski definition) is 4. The average Bonchev–Trinajstić information content (AvgIpc) is 3.17. The molecule has 0 saturated carbocycles. The Balaban J connectivity index is 1.28. The lowest BCUT2D eigenvalue weighted by atomic mass is 10.0. The number of nitrogens with one attached hydrogen (secondary N) is 2. The molecule has 4 rings (SSSR count). The molecule has 3 aromatic rings. The van der Waals surface area contributed by atoms with E-state index in [0.717, 1.165) is 22.9 Å². The van der Waals surface area contributed by atoms with Crippen LogP contribution in [-0.2, 0) is 16.0 Å². The first kappa shape index (κ1) is 19.7. The van der Waals surface area contributed by atoms with E-state index in [-0.39, 0.29) is 37.0 Å². The van der Waals surface area contributed by atoms with Crippen molar-refractivity contribution in [3.63, 3.8) is 0 Å². The molecule has 0 saturated heterocycles. The Labute approximate surface area is 174 Å². The van der Waals surface area contributed by atoms with Gasteiger partial charge < -0.3 is 19.9 Å². The van der Waals surface area contributed by atoms with Gasteiger partial charge in [-0.25, -0.2) is 0 Å². The van der Waals surface area contributed by atoms with Gasteiger partial charge >= 0.3 is 0 Å². The zero-order valence-electron chi connectivity index (χ0n) is 16.7. The van der Waals surface area contributed by atoms with Crippen LogP contribution >= 0.6 is 0 Å². The Hall–Kier alpha value is -3.61. The highest BCUT2D eigenvalue weighted by atomic mass is 16.5. The minimum atomic E-state index is -0.165. The molecule has 0 fully saturated rings. The lowest BCUT2D eigenvalue weighted by molar-refractivity contribution is -0.121. The summed E-state index contributed by atoms with van der Waals surface area (Å²) < 4.78 is 5.37. The van der Waals surface area contributed by atoms with Gasteiger partial charge in [0.25, 0.3) is 5.91 Å². The molecule has 2 amide bonds. The summed E-state index contributed by atoms with van der Waals surface area (Å²) in [7, 11) is 1.65. The molecule has 1 aliphatic rings. The number of likely N-dealkylation sites (N-methyl/N-ethyl adjacent to an activating group) is 1. The van der Waals surface area contributed by atoms with Crippen LogP contribution in [0.1, 0.15) is 28.8 Å². The van der Waals surface area contributed by atoms with Crippen LogP contribution < -0.4 is 15.0 Å². The van der Waals surface area contributed by atoms with Crippen molar-refractivity contribution < 1.29 is 19.1 Å². The van der Waals surface area contributed by atoms with Crippen molar-refractivity contribution in [3.8, 4) is 5.75 Å². The number of amides is 2. The van der Waals surface area contributed by atoms with E-state index in [0.29, 0.717) is 23.5 Å². The Morgan fingerprint density at radius 3 is 2.87 bits per heavy atom. The third-order valence-corrected chi connectivity index (χ3v) is 5.34. The molecule has 30 heavy (non-hydrogen) atoms. The Morgan fingerprint density at radius 2 is 2.00 bits per heavy atom. The number of para-hydroxylation sites is 1. The maximum Gasteiger partial charge on any atom is 0.264 e. The molecule has 2 N–H and O–H groups in total. The number of H-pyrrole nitrogens is 1. The zero-order chi connectivity index (χ0) is 21.1.